The van der Waals surface area contributed by atoms with E-state index in [0.29, 0.717) is 0 Å². The van der Waals surface area contributed by atoms with Crippen LogP contribution in [0.5, 0.6) is 0 Å². The summed E-state index contributed by atoms with van der Waals surface area (Å²) in [5.41, 5.74) is 0. The molecule has 44 valence electrons. The van der Waals surface area contributed by atoms with Crippen molar-refractivity contribution in [2.75, 3.05) is 0 Å². The van der Waals surface area contributed by atoms with E-state index >= 15 is 0 Å². The molecule has 0 fully saturated rings. The quantitative estimate of drug-likeness (QED) is 0.272. The van der Waals surface area contributed by atoms with Gasteiger partial charge in [-0.25, -0.2) is 4.57 Å². The zero-order valence-electron chi connectivity index (χ0n) is 5.31. The normalized spacial score (nSPS) is 7.38. The third kappa shape index (κ3) is 179. The third-order valence-corrected chi connectivity index (χ3v) is 0. The van der Waals surface area contributed by atoms with Crippen molar-refractivity contribution in [2.24, 2.45) is 0 Å². The molecule has 0 aromatic rings. The first-order valence-corrected chi connectivity index (χ1v) is 2.35. The van der Waals surface area contributed by atoms with E-state index < -0.39 is 7.82 Å². The summed E-state index contributed by atoms with van der Waals surface area (Å²) < 4.78 is 8.88. The fourth-order valence-electron chi connectivity index (χ4n) is 0. The summed E-state index contributed by atoms with van der Waals surface area (Å²) >= 11 is 0. The number of halogens is 1. The van der Waals surface area contributed by atoms with E-state index in [-0.39, 0.29) is 44.5 Å². The van der Waals surface area contributed by atoms with Crippen LogP contribution < -0.4 is 18.9 Å². The first kappa shape index (κ1) is 22.8. The summed E-state index contributed by atoms with van der Waals surface area (Å²) in [4.78, 5) is 21.6. The molecular formula is H5FLiO4PZn. The van der Waals surface area contributed by atoms with E-state index in [1.807, 2.05) is 0 Å². The van der Waals surface area contributed by atoms with Crippen LogP contribution in [0.25, 0.3) is 0 Å². The van der Waals surface area contributed by atoms with Crippen molar-refractivity contribution in [3.63, 3.8) is 0 Å². The average molecular weight is 191 g/mol. The molecule has 0 rings (SSSR count). The van der Waals surface area contributed by atoms with Gasteiger partial charge in [-0.3, -0.25) is 4.70 Å². The molecule has 0 atom stereocenters. The van der Waals surface area contributed by atoms with Crippen LogP contribution in [-0.4, -0.2) is 14.7 Å². The zero-order valence-corrected chi connectivity index (χ0v) is 8.17. The molecule has 8 heteroatoms. The van der Waals surface area contributed by atoms with Gasteiger partial charge in [-0.1, -0.05) is 0 Å². The summed E-state index contributed by atoms with van der Waals surface area (Å²) in [6, 6.07) is 0. The van der Waals surface area contributed by atoms with Crippen LogP contribution >= 0.6 is 7.82 Å². The molecule has 0 aromatic carbocycles. The second-order valence-electron chi connectivity index (χ2n) is 0.513. The minimum Gasteiger partial charge on any atom is -1.00 e. The Morgan fingerprint density at radius 3 is 1.25 bits per heavy atom. The molecule has 0 aliphatic heterocycles. The standard InChI is InChI=1S/FH.Li.H3O4P.Zn.H/c;;1-5(2,3)4;;/h1H;;(H3,1,2,3,4);;/q;+1;;;-1. The smallest absolute Gasteiger partial charge is 1.00 e. The van der Waals surface area contributed by atoms with Gasteiger partial charge in [0.2, 0.25) is 0 Å². The van der Waals surface area contributed by atoms with E-state index in [4.69, 9.17) is 19.2 Å². The molecular weight excluding hydrogens is 186 g/mol. The van der Waals surface area contributed by atoms with Crippen LogP contribution in [0.2, 0.25) is 0 Å². The molecule has 0 heterocycles. The molecule has 0 saturated heterocycles. The monoisotopic (exact) mass is 190 g/mol. The predicted octanol–water partition coefficient (Wildman–Crippen LogP) is -3.66. The molecule has 0 saturated carbocycles. The van der Waals surface area contributed by atoms with Gasteiger partial charge in [-0.15, -0.1) is 0 Å². The number of hydrogen-bond acceptors (Lipinski definition) is 1. The zero-order chi connectivity index (χ0) is 4.50. The van der Waals surface area contributed by atoms with Crippen LogP contribution in [0.4, 0.5) is 4.70 Å². The topological polar surface area (TPSA) is 77.8 Å². The Balaban J connectivity index is -0.0000000133. The van der Waals surface area contributed by atoms with Crippen molar-refractivity contribution in [3.8, 4) is 0 Å². The largest absolute Gasteiger partial charge is 1.00 e. The Hall–Kier alpha value is 1.26. The molecule has 0 spiro atoms. The fraction of sp³-hybridized carbons (Fsp3) is 0. The molecule has 0 aromatic heterocycles. The number of rotatable bonds is 0. The Labute approximate surface area is 71.7 Å². The van der Waals surface area contributed by atoms with E-state index in [1.54, 1.807) is 0 Å². The molecule has 0 aliphatic carbocycles. The molecule has 0 amide bonds. The summed E-state index contributed by atoms with van der Waals surface area (Å²) in [6.45, 7) is 0. The van der Waals surface area contributed by atoms with Crippen molar-refractivity contribution in [2.45, 2.75) is 0 Å². The third-order valence-electron chi connectivity index (χ3n) is 0. The maximum Gasteiger partial charge on any atom is 1.00 e. The molecule has 4 nitrogen and oxygen atoms in total. The average Bonchev–Trinajstić information content (AvgIpc) is 0.722. The Morgan fingerprint density at radius 2 is 1.25 bits per heavy atom. The molecule has 0 unspecified atom stereocenters. The molecule has 0 aliphatic rings. The van der Waals surface area contributed by atoms with Crippen molar-refractivity contribution < 1.29 is 63.7 Å². The van der Waals surface area contributed by atoms with Gasteiger partial charge in [0.25, 0.3) is 0 Å². The summed E-state index contributed by atoms with van der Waals surface area (Å²) in [5.74, 6) is 0. The predicted molar refractivity (Wildman–Crippen MR) is 17.9 cm³/mol. The van der Waals surface area contributed by atoms with Crippen molar-refractivity contribution in [1.82, 2.24) is 0 Å². The molecule has 3 N–H and O–H groups in total. The van der Waals surface area contributed by atoms with E-state index in [9.17, 15) is 0 Å². The van der Waals surface area contributed by atoms with Gasteiger partial charge < -0.3 is 16.1 Å². The van der Waals surface area contributed by atoms with Gasteiger partial charge in [0.05, 0.1) is 0 Å². The minimum absolute atomic E-state index is 0. The van der Waals surface area contributed by atoms with Gasteiger partial charge >= 0.3 is 26.7 Å². The maximum absolute atomic E-state index is 8.88. The van der Waals surface area contributed by atoms with Gasteiger partial charge in [0.1, 0.15) is 0 Å². The van der Waals surface area contributed by atoms with Gasteiger partial charge in [0.15, 0.2) is 0 Å². The number of phosphoric acid groups is 1. The fourth-order valence-corrected chi connectivity index (χ4v) is 0. The second kappa shape index (κ2) is 8.26. The summed E-state index contributed by atoms with van der Waals surface area (Å²) in [5, 5.41) is 0. The molecule has 0 bridgehead atoms. The Kier molecular flexibility index (Phi) is 23.6. The van der Waals surface area contributed by atoms with Crippen molar-refractivity contribution in [1.29, 1.82) is 0 Å². The first-order valence-electron chi connectivity index (χ1n) is 0.783. The van der Waals surface area contributed by atoms with Crippen molar-refractivity contribution in [3.05, 3.63) is 0 Å². The minimum atomic E-state index is -4.64. The van der Waals surface area contributed by atoms with Crippen LogP contribution in [0.15, 0.2) is 0 Å². The van der Waals surface area contributed by atoms with Crippen LogP contribution in [0.3, 0.4) is 0 Å². The SMILES string of the molecule is F.O=P(O)(O)O.[H-].[Li+].[Zn]. The van der Waals surface area contributed by atoms with Gasteiger partial charge in [-0.2, -0.15) is 0 Å². The summed E-state index contributed by atoms with van der Waals surface area (Å²) in [7, 11) is -4.64. The number of hydrogen-bond donors (Lipinski definition) is 3. The molecule has 0 radical (unpaired) electrons. The van der Waals surface area contributed by atoms with Crippen LogP contribution in [0.1, 0.15) is 1.43 Å². The first-order chi connectivity index (χ1) is 2.00. The second-order valence-corrected chi connectivity index (χ2v) is 1.54. The summed E-state index contributed by atoms with van der Waals surface area (Å²) in [6.07, 6.45) is 0. The maximum atomic E-state index is 8.88. The van der Waals surface area contributed by atoms with Crippen LogP contribution in [-0.2, 0) is 24.0 Å². The van der Waals surface area contributed by atoms with Crippen molar-refractivity contribution >= 4 is 7.82 Å². The van der Waals surface area contributed by atoms with E-state index in [0.717, 1.165) is 0 Å². The Morgan fingerprint density at radius 1 is 1.25 bits per heavy atom. The Bertz CT molecular complexity index is 66.7. The van der Waals surface area contributed by atoms with E-state index in [2.05, 4.69) is 0 Å². The van der Waals surface area contributed by atoms with Crippen LogP contribution in [0, 0.1) is 0 Å². The van der Waals surface area contributed by atoms with Gasteiger partial charge in [-0.05, 0) is 0 Å². The van der Waals surface area contributed by atoms with Gasteiger partial charge in [0, 0.05) is 19.5 Å². The van der Waals surface area contributed by atoms with E-state index in [1.165, 1.54) is 0 Å². The molecule has 8 heavy (non-hydrogen) atoms.